The van der Waals surface area contributed by atoms with Gasteiger partial charge in [-0.25, -0.2) is 0 Å². The van der Waals surface area contributed by atoms with Crippen LogP contribution in [0.15, 0.2) is 0 Å². The fourth-order valence-electron chi connectivity index (χ4n) is 2.97. The standard InChI is InChI=1S/C16H34O2/c1-8-14(5)18-13-12-15(6,9-2)16(10-3,11-4)17-7/h14H,8-13H2,1-7H3/t14?,15-/m0/s1. The van der Waals surface area contributed by atoms with Crippen LogP contribution in [0.4, 0.5) is 0 Å². The lowest BCUT2D eigenvalue weighted by molar-refractivity contribution is -0.127. The highest BCUT2D eigenvalue weighted by molar-refractivity contribution is 4.95. The van der Waals surface area contributed by atoms with Crippen LogP contribution in [0.5, 0.6) is 0 Å². The van der Waals surface area contributed by atoms with Crippen molar-refractivity contribution in [1.82, 2.24) is 0 Å². The van der Waals surface area contributed by atoms with Crippen LogP contribution in [0.2, 0.25) is 0 Å². The average molecular weight is 258 g/mol. The van der Waals surface area contributed by atoms with Crippen molar-refractivity contribution >= 4 is 0 Å². The summed E-state index contributed by atoms with van der Waals surface area (Å²) >= 11 is 0. The van der Waals surface area contributed by atoms with Crippen LogP contribution < -0.4 is 0 Å². The molecule has 0 N–H and O–H groups in total. The maximum atomic E-state index is 5.92. The zero-order valence-corrected chi connectivity index (χ0v) is 13.6. The molecule has 2 nitrogen and oxygen atoms in total. The third-order valence-electron chi connectivity index (χ3n) is 5.04. The van der Waals surface area contributed by atoms with Gasteiger partial charge in [-0.05, 0) is 44.4 Å². The van der Waals surface area contributed by atoms with Crippen LogP contribution in [-0.4, -0.2) is 25.4 Å². The molecule has 110 valence electrons. The van der Waals surface area contributed by atoms with E-state index in [9.17, 15) is 0 Å². The molecule has 0 aliphatic rings. The van der Waals surface area contributed by atoms with Gasteiger partial charge >= 0.3 is 0 Å². The molecule has 0 bridgehead atoms. The number of methoxy groups -OCH3 is 1. The Balaban J connectivity index is 4.67. The molecular weight excluding hydrogens is 224 g/mol. The van der Waals surface area contributed by atoms with E-state index in [1.54, 1.807) is 0 Å². The van der Waals surface area contributed by atoms with Crippen molar-refractivity contribution in [1.29, 1.82) is 0 Å². The second-order valence-corrected chi connectivity index (χ2v) is 5.66. The molecule has 0 amide bonds. The highest BCUT2D eigenvalue weighted by atomic mass is 16.5. The summed E-state index contributed by atoms with van der Waals surface area (Å²) < 4.78 is 11.8. The van der Waals surface area contributed by atoms with E-state index >= 15 is 0 Å². The van der Waals surface area contributed by atoms with Crippen molar-refractivity contribution in [2.24, 2.45) is 5.41 Å². The Kier molecular flexibility index (Phi) is 8.13. The van der Waals surface area contributed by atoms with Gasteiger partial charge in [0.2, 0.25) is 0 Å². The van der Waals surface area contributed by atoms with Gasteiger partial charge in [0.25, 0.3) is 0 Å². The molecule has 18 heavy (non-hydrogen) atoms. The molecule has 2 heteroatoms. The number of ether oxygens (including phenoxy) is 2. The first-order chi connectivity index (χ1) is 8.45. The second kappa shape index (κ2) is 8.16. The van der Waals surface area contributed by atoms with Crippen LogP contribution in [-0.2, 0) is 9.47 Å². The normalized spacial score (nSPS) is 17.5. The molecule has 2 atom stereocenters. The van der Waals surface area contributed by atoms with E-state index in [-0.39, 0.29) is 11.0 Å². The quantitative estimate of drug-likeness (QED) is 0.559. The molecule has 0 rings (SSSR count). The van der Waals surface area contributed by atoms with Gasteiger partial charge in [0.05, 0.1) is 11.7 Å². The third-order valence-corrected chi connectivity index (χ3v) is 5.04. The van der Waals surface area contributed by atoms with E-state index in [2.05, 4.69) is 41.5 Å². The van der Waals surface area contributed by atoms with Gasteiger partial charge in [-0.3, -0.25) is 0 Å². The lowest BCUT2D eigenvalue weighted by Gasteiger charge is -2.47. The molecule has 0 fully saturated rings. The van der Waals surface area contributed by atoms with Crippen molar-refractivity contribution < 1.29 is 9.47 Å². The molecule has 0 aromatic carbocycles. The van der Waals surface area contributed by atoms with Crippen LogP contribution in [0.1, 0.15) is 73.6 Å². The summed E-state index contributed by atoms with van der Waals surface area (Å²) in [5.74, 6) is 0. The van der Waals surface area contributed by atoms with Crippen LogP contribution in [0.3, 0.4) is 0 Å². The predicted octanol–water partition coefficient (Wildman–Crippen LogP) is 4.81. The first-order valence-corrected chi connectivity index (χ1v) is 7.61. The molecule has 0 heterocycles. The fourth-order valence-corrected chi connectivity index (χ4v) is 2.97. The second-order valence-electron chi connectivity index (χ2n) is 5.66. The number of hydrogen-bond acceptors (Lipinski definition) is 2. The SMILES string of the molecule is CCC(C)OCC[C@](C)(CC)C(CC)(CC)OC. The molecule has 0 aliphatic carbocycles. The summed E-state index contributed by atoms with van der Waals surface area (Å²) in [5.41, 5.74) is 0.180. The number of rotatable bonds is 10. The summed E-state index contributed by atoms with van der Waals surface area (Å²) in [5, 5.41) is 0. The Morgan fingerprint density at radius 1 is 1.00 bits per heavy atom. The molecule has 1 unspecified atom stereocenters. The summed E-state index contributed by atoms with van der Waals surface area (Å²) in [4.78, 5) is 0. The minimum absolute atomic E-state index is 0.0133. The van der Waals surface area contributed by atoms with Crippen molar-refractivity contribution in [3.05, 3.63) is 0 Å². The minimum atomic E-state index is -0.0133. The summed E-state index contributed by atoms with van der Waals surface area (Å²) in [7, 11) is 1.86. The zero-order chi connectivity index (χ0) is 14.2. The highest BCUT2D eigenvalue weighted by Crippen LogP contribution is 2.44. The molecular formula is C16H34O2. The monoisotopic (exact) mass is 258 g/mol. The van der Waals surface area contributed by atoms with Crippen molar-refractivity contribution in [3.8, 4) is 0 Å². The van der Waals surface area contributed by atoms with Gasteiger partial charge in [0, 0.05) is 13.7 Å². The first kappa shape index (κ1) is 17.9. The van der Waals surface area contributed by atoms with Crippen LogP contribution in [0.25, 0.3) is 0 Å². The van der Waals surface area contributed by atoms with Crippen LogP contribution >= 0.6 is 0 Å². The smallest absolute Gasteiger partial charge is 0.0727 e. The maximum Gasteiger partial charge on any atom is 0.0727 e. The Hall–Kier alpha value is -0.0800. The molecule has 0 saturated heterocycles. The first-order valence-electron chi connectivity index (χ1n) is 7.61. The molecule has 0 aliphatic heterocycles. The van der Waals surface area contributed by atoms with Gasteiger partial charge in [-0.1, -0.05) is 34.6 Å². The van der Waals surface area contributed by atoms with E-state index in [0.29, 0.717) is 6.10 Å². The van der Waals surface area contributed by atoms with Gasteiger partial charge in [-0.2, -0.15) is 0 Å². The summed E-state index contributed by atoms with van der Waals surface area (Å²) in [6.45, 7) is 14.2. The maximum absolute atomic E-state index is 5.92. The van der Waals surface area contributed by atoms with Crippen molar-refractivity contribution in [2.45, 2.75) is 85.4 Å². The predicted molar refractivity (Wildman–Crippen MR) is 79.0 cm³/mol. The van der Waals surface area contributed by atoms with Gasteiger partial charge < -0.3 is 9.47 Å². The molecule has 0 aromatic heterocycles. The molecule has 0 radical (unpaired) electrons. The Morgan fingerprint density at radius 3 is 1.89 bits per heavy atom. The molecule has 0 aromatic rings. The topological polar surface area (TPSA) is 18.5 Å². The Labute approximate surface area is 114 Å². The Morgan fingerprint density at radius 2 is 1.56 bits per heavy atom. The van der Waals surface area contributed by atoms with Gasteiger partial charge in [0.15, 0.2) is 0 Å². The lowest BCUT2D eigenvalue weighted by atomic mass is 9.66. The largest absolute Gasteiger partial charge is 0.378 e. The Bertz CT molecular complexity index is 203. The van der Waals surface area contributed by atoms with Gasteiger partial charge in [-0.15, -0.1) is 0 Å². The van der Waals surface area contributed by atoms with E-state index < -0.39 is 0 Å². The zero-order valence-electron chi connectivity index (χ0n) is 13.6. The van der Waals surface area contributed by atoms with Gasteiger partial charge in [0.1, 0.15) is 0 Å². The third kappa shape index (κ3) is 3.96. The van der Waals surface area contributed by atoms with Crippen LogP contribution in [0, 0.1) is 5.41 Å². The van der Waals surface area contributed by atoms with E-state index in [0.717, 1.165) is 38.7 Å². The van der Waals surface area contributed by atoms with Crippen molar-refractivity contribution in [3.63, 3.8) is 0 Å². The highest BCUT2D eigenvalue weighted by Gasteiger charge is 2.44. The lowest BCUT2D eigenvalue weighted by Crippen LogP contribution is -2.47. The average Bonchev–Trinajstić information content (AvgIpc) is 2.40. The number of hydrogen-bond donors (Lipinski definition) is 0. The summed E-state index contributed by atoms with van der Waals surface area (Å²) in [6.07, 6.45) is 5.78. The fraction of sp³-hybridized carbons (Fsp3) is 1.00. The van der Waals surface area contributed by atoms with E-state index in [1.807, 2.05) is 7.11 Å². The molecule has 0 spiro atoms. The molecule has 0 saturated carbocycles. The van der Waals surface area contributed by atoms with Crippen molar-refractivity contribution in [2.75, 3.05) is 13.7 Å². The van der Waals surface area contributed by atoms with E-state index in [1.165, 1.54) is 0 Å². The summed E-state index contributed by atoms with van der Waals surface area (Å²) in [6, 6.07) is 0. The van der Waals surface area contributed by atoms with E-state index in [4.69, 9.17) is 9.47 Å². The minimum Gasteiger partial charge on any atom is -0.378 e.